The lowest BCUT2D eigenvalue weighted by atomic mass is 9.86. The summed E-state index contributed by atoms with van der Waals surface area (Å²) in [7, 11) is 0. The highest BCUT2D eigenvalue weighted by Crippen LogP contribution is 2.28. The van der Waals surface area contributed by atoms with Crippen LogP contribution >= 0.6 is 11.3 Å². The number of nitrogens with one attached hydrogen (secondary N) is 1. The van der Waals surface area contributed by atoms with Crippen molar-refractivity contribution < 1.29 is 0 Å². The maximum absolute atomic E-state index is 4.48. The lowest BCUT2D eigenvalue weighted by molar-refractivity contribution is 0.586. The van der Waals surface area contributed by atoms with Crippen LogP contribution < -0.4 is 5.43 Å². The molecule has 3 heteroatoms. The molecule has 1 unspecified atom stereocenters. The molecule has 0 saturated carbocycles. The number of hydrogen-bond acceptors (Lipinski definition) is 3. The lowest BCUT2D eigenvalue weighted by Gasteiger charge is -2.20. The third-order valence-electron chi connectivity index (χ3n) is 3.74. The molecular weight excluding hydrogens is 264 g/mol. The fraction of sp³-hybridized carbons (Fsp3) is 0.353. The van der Waals surface area contributed by atoms with Crippen LogP contribution in [0.1, 0.15) is 49.2 Å². The summed E-state index contributed by atoms with van der Waals surface area (Å²) in [6.07, 6.45) is 0.968. The third kappa shape index (κ3) is 2.63. The molecule has 2 aromatic rings. The van der Waals surface area contributed by atoms with Crippen molar-refractivity contribution in [1.29, 1.82) is 0 Å². The number of rotatable bonds is 2. The van der Waals surface area contributed by atoms with Crippen molar-refractivity contribution in [2.45, 2.75) is 38.6 Å². The molecule has 3 rings (SSSR count). The van der Waals surface area contributed by atoms with Gasteiger partial charge in [-0.1, -0.05) is 51.1 Å². The summed E-state index contributed by atoms with van der Waals surface area (Å²) in [6.45, 7) is 6.73. The molecular formula is C17H20N2S. The highest BCUT2D eigenvalue weighted by atomic mass is 32.1. The maximum atomic E-state index is 4.48. The lowest BCUT2D eigenvalue weighted by Crippen LogP contribution is -2.13. The van der Waals surface area contributed by atoms with E-state index in [1.807, 2.05) is 0 Å². The van der Waals surface area contributed by atoms with Gasteiger partial charge in [0.25, 0.3) is 0 Å². The average molecular weight is 284 g/mol. The van der Waals surface area contributed by atoms with Crippen molar-refractivity contribution in [3.05, 3.63) is 57.8 Å². The van der Waals surface area contributed by atoms with E-state index in [4.69, 9.17) is 0 Å². The predicted molar refractivity (Wildman–Crippen MR) is 86.5 cm³/mol. The quantitative estimate of drug-likeness (QED) is 0.863. The van der Waals surface area contributed by atoms with E-state index in [-0.39, 0.29) is 5.41 Å². The van der Waals surface area contributed by atoms with Crippen molar-refractivity contribution in [3.8, 4) is 0 Å². The van der Waals surface area contributed by atoms with Gasteiger partial charge in [0.05, 0.1) is 16.6 Å². The molecule has 1 aromatic carbocycles. The molecule has 0 fully saturated rings. The first-order valence-corrected chi connectivity index (χ1v) is 7.88. The van der Waals surface area contributed by atoms with Crippen molar-refractivity contribution in [2.75, 3.05) is 0 Å². The van der Waals surface area contributed by atoms with E-state index in [1.54, 1.807) is 11.3 Å². The van der Waals surface area contributed by atoms with Crippen LogP contribution in [0.2, 0.25) is 0 Å². The third-order valence-corrected chi connectivity index (χ3v) is 4.66. The molecule has 1 aliphatic heterocycles. The van der Waals surface area contributed by atoms with Crippen LogP contribution in [0.5, 0.6) is 0 Å². The Morgan fingerprint density at radius 1 is 1.15 bits per heavy atom. The van der Waals surface area contributed by atoms with Crippen LogP contribution in [0.15, 0.2) is 46.9 Å². The average Bonchev–Trinajstić information content (AvgIpc) is 3.09. The molecule has 0 bridgehead atoms. The van der Waals surface area contributed by atoms with Gasteiger partial charge in [0, 0.05) is 6.42 Å². The molecule has 0 aliphatic carbocycles. The molecule has 20 heavy (non-hydrogen) atoms. The standard InChI is InChI=1S/C17H20N2S/c1-17(2,3)13-8-6-12(7-9-13)14-11-15(19-18-14)16-5-4-10-20-16/h4-10,14,18H,11H2,1-3H3. The Kier molecular flexibility index (Phi) is 3.38. The Morgan fingerprint density at radius 2 is 1.90 bits per heavy atom. The minimum Gasteiger partial charge on any atom is -0.302 e. The van der Waals surface area contributed by atoms with Gasteiger partial charge in [-0.15, -0.1) is 11.3 Å². The van der Waals surface area contributed by atoms with E-state index in [9.17, 15) is 0 Å². The summed E-state index contributed by atoms with van der Waals surface area (Å²) in [5, 5.41) is 6.58. The fourth-order valence-electron chi connectivity index (χ4n) is 2.45. The molecule has 1 atom stereocenters. The van der Waals surface area contributed by atoms with Gasteiger partial charge in [-0.05, 0) is 28.0 Å². The molecule has 0 amide bonds. The normalized spacial score (nSPS) is 18.8. The van der Waals surface area contributed by atoms with Crippen LogP contribution in [0.4, 0.5) is 0 Å². The minimum absolute atomic E-state index is 0.209. The van der Waals surface area contributed by atoms with E-state index >= 15 is 0 Å². The highest BCUT2D eigenvalue weighted by molar-refractivity contribution is 7.12. The van der Waals surface area contributed by atoms with Gasteiger partial charge in [-0.3, -0.25) is 0 Å². The van der Waals surface area contributed by atoms with Gasteiger partial charge in [0.15, 0.2) is 0 Å². The zero-order chi connectivity index (χ0) is 14.2. The SMILES string of the molecule is CC(C)(C)c1ccc(C2CC(c3cccs3)=NN2)cc1. The molecule has 0 radical (unpaired) electrons. The predicted octanol–water partition coefficient (Wildman–Crippen LogP) is 4.48. The van der Waals surface area contributed by atoms with Gasteiger partial charge in [0.1, 0.15) is 0 Å². The summed E-state index contributed by atoms with van der Waals surface area (Å²) in [5.74, 6) is 0. The smallest absolute Gasteiger partial charge is 0.0799 e. The van der Waals surface area contributed by atoms with Crippen LogP contribution in [-0.2, 0) is 5.41 Å². The van der Waals surface area contributed by atoms with Crippen LogP contribution in [0.3, 0.4) is 0 Å². The minimum atomic E-state index is 0.209. The molecule has 104 valence electrons. The first-order valence-electron chi connectivity index (χ1n) is 7.00. The van der Waals surface area contributed by atoms with Gasteiger partial charge in [-0.2, -0.15) is 5.10 Å². The van der Waals surface area contributed by atoms with E-state index < -0.39 is 0 Å². The van der Waals surface area contributed by atoms with E-state index in [2.05, 4.69) is 73.1 Å². The van der Waals surface area contributed by atoms with Gasteiger partial charge in [-0.25, -0.2) is 0 Å². The van der Waals surface area contributed by atoms with Crippen molar-refractivity contribution in [3.63, 3.8) is 0 Å². The molecule has 2 nitrogen and oxygen atoms in total. The van der Waals surface area contributed by atoms with E-state index in [0.29, 0.717) is 6.04 Å². The first kappa shape index (κ1) is 13.4. The number of benzene rings is 1. The first-order chi connectivity index (χ1) is 9.54. The Balaban J connectivity index is 1.73. The molecule has 1 aromatic heterocycles. The topological polar surface area (TPSA) is 24.4 Å². The van der Waals surface area contributed by atoms with Gasteiger partial charge >= 0.3 is 0 Å². The number of thiophene rings is 1. The van der Waals surface area contributed by atoms with Crippen LogP contribution in [0.25, 0.3) is 0 Å². The van der Waals surface area contributed by atoms with E-state index in [1.165, 1.54) is 21.7 Å². The van der Waals surface area contributed by atoms with Gasteiger partial charge in [0.2, 0.25) is 0 Å². The zero-order valence-electron chi connectivity index (χ0n) is 12.2. The molecule has 1 N–H and O–H groups in total. The Morgan fingerprint density at radius 3 is 2.50 bits per heavy atom. The van der Waals surface area contributed by atoms with Crippen molar-refractivity contribution in [2.24, 2.45) is 5.10 Å². The largest absolute Gasteiger partial charge is 0.302 e. The maximum Gasteiger partial charge on any atom is 0.0799 e. The van der Waals surface area contributed by atoms with Crippen molar-refractivity contribution in [1.82, 2.24) is 5.43 Å². The van der Waals surface area contributed by atoms with Gasteiger partial charge < -0.3 is 5.43 Å². The second kappa shape index (κ2) is 5.06. The molecule has 1 aliphatic rings. The molecule has 0 spiro atoms. The summed E-state index contributed by atoms with van der Waals surface area (Å²) < 4.78 is 0. The van der Waals surface area contributed by atoms with E-state index in [0.717, 1.165) is 6.42 Å². The second-order valence-electron chi connectivity index (χ2n) is 6.29. The van der Waals surface area contributed by atoms with Crippen LogP contribution in [0, 0.1) is 0 Å². The summed E-state index contributed by atoms with van der Waals surface area (Å²) in [4.78, 5) is 1.27. The van der Waals surface area contributed by atoms with Crippen LogP contribution in [-0.4, -0.2) is 5.71 Å². The fourth-order valence-corrected chi connectivity index (χ4v) is 3.17. The summed E-state index contributed by atoms with van der Waals surface area (Å²) >= 11 is 1.75. The monoisotopic (exact) mass is 284 g/mol. The molecule has 0 saturated heterocycles. The Labute approximate surface area is 124 Å². The Hall–Kier alpha value is -1.61. The number of hydrazone groups is 1. The Bertz CT molecular complexity index is 603. The van der Waals surface area contributed by atoms with Crippen molar-refractivity contribution >= 4 is 17.0 Å². The zero-order valence-corrected chi connectivity index (χ0v) is 13.0. The number of nitrogens with zero attached hydrogens (tertiary/aromatic N) is 1. The second-order valence-corrected chi connectivity index (χ2v) is 7.24. The highest BCUT2D eigenvalue weighted by Gasteiger charge is 2.22. The number of hydrogen-bond donors (Lipinski definition) is 1. The molecule has 2 heterocycles. The summed E-state index contributed by atoms with van der Waals surface area (Å²) in [6, 6.07) is 13.4. The summed E-state index contributed by atoms with van der Waals surface area (Å²) in [5.41, 5.74) is 7.33.